The lowest BCUT2D eigenvalue weighted by molar-refractivity contribution is 0.172. The van der Waals surface area contributed by atoms with Gasteiger partial charge in [-0.1, -0.05) is 26.8 Å². The average Bonchev–Trinajstić information content (AvgIpc) is 2.30. The van der Waals surface area contributed by atoms with Gasteiger partial charge in [0.15, 0.2) is 0 Å². The molecule has 102 valence electrons. The van der Waals surface area contributed by atoms with E-state index >= 15 is 0 Å². The minimum absolute atomic E-state index is 0.185. The summed E-state index contributed by atoms with van der Waals surface area (Å²) in [6, 6.07) is 6.81. The third-order valence-electron chi connectivity index (χ3n) is 3.56. The lowest BCUT2D eigenvalue weighted by Gasteiger charge is -2.24. The summed E-state index contributed by atoms with van der Waals surface area (Å²) in [6.45, 7) is 10.9. The van der Waals surface area contributed by atoms with Crippen LogP contribution in [0, 0.1) is 6.92 Å². The zero-order valence-corrected chi connectivity index (χ0v) is 12.6. The van der Waals surface area contributed by atoms with Gasteiger partial charge < -0.3 is 10.1 Å². The Kier molecular flexibility index (Phi) is 5.67. The van der Waals surface area contributed by atoms with Crippen molar-refractivity contribution in [2.45, 2.75) is 59.1 Å². The number of hydrogen-bond donors (Lipinski definition) is 1. The molecule has 0 saturated heterocycles. The highest BCUT2D eigenvalue weighted by atomic mass is 16.5. The topological polar surface area (TPSA) is 21.3 Å². The monoisotopic (exact) mass is 249 g/mol. The number of hydrogen-bond acceptors (Lipinski definition) is 2. The van der Waals surface area contributed by atoms with E-state index in [2.05, 4.69) is 58.1 Å². The van der Waals surface area contributed by atoms with Gasteiger partial charge >= 0.3 is 0 Å². The largest absolute Gasteiger partial charge is 0.489 e. The molecule has 18 heavy (non-hydrogen) atoms. The van der Waals surface area contributed by atoms with Gasteiger partial charge in [0.25, 0.3) is 0 Å². The summed E-state index contributed by atoms with van der Waals surface area (Å²) in [4.78, 5) is 0. The van der Waals surface area contributed by atoms with Crippen LogP contribution in [0.15, 0.2) is 18.2 Å². The van der Waals surface area contributed by atoms with Crippen LogP contribution in [0.25, 0.3) is 0 Å². The van der Waals surface area contributed by atoms with Gasteiger partial charge in [0.2, 0.25) is 0 Å². The van der Waals surface area contributed by atoms with Crippen molar-refractivity contribution in [1.29, 1.82) is 0 Å². The summed E-state index contributed by atoms with van der Waals surface area (Å²) in [5.41, 5.74) is 2.71. The molecule has 0 aliphatic heterocycles. The highest BCUT2D eigenvalue weighted by molar-refractivity contribution is 5.36. The molecule has 2 unspecified atom stereocenters. The van der Waals surface area contributed by atoms with Gasteiger partial charge in [-0.05, 0) is 56.5 Å². The van der Waals surface area contributed by atoms with Crippen molar-refractivity contribution in [3.63, 3.8) is 0 Å². The standard InChI is InChI=1S/C16H27NO/c1-7-16(17-6)13(5)18-14-8-9-15(11(2)3)12(4)10-14/h8-11,13,16-17H,7H2,1-6H3. The Morgan fingerprint density at radius 3 is 2.33 bits per heavy atom. The lowest BCUT2D eigenvalue weighted by atomic mass is 9.98. The Morgan fingerprint density at radius 1 is 1.22 bits per heavy atom. The number of nitrogens with one attached hydrogen (secondary N) is 1. The molecule has 0 aliphatic carbocycles. The van der Waals surface area contributed by atoms with Gasteiger partial charge in [0, 0.05) is 6.04 Å². The van der Waals surface area contributed by atoms with E-state index in [9.17, 15) is 0 Å². The molecule has 0 bridgehead atoms. The predicted molar refractivity (Wildman–Crippen MR) is 78.5 cm³/mol. The van der Waals surface area contributed by atoms with Crippen LogP contribution in [0.4, 0.5) is 0 Å². The molecule has 1 rings (SSSR count). The van der Waals surface area contributed by atoms with Crippen molar-refractivity contribution in [3.8, 4) is 5.75 Å². The van der Waals surface area contributed by atoms with Crippen LogP contribution in [0.3, 0.4) is 0 Å². The molecule has 0 heterocycles. The summed E-state index contributed by atoms with van der Waals surface area (Å²) in [7, 11) is 1.99. The highest BCUT2D eigenvalue weighted by Crippen LogP contribution is 2.24. The number of rotatable bonds is 6. The van der Waals surface area contributed by atoms with Crippen molar-refractivity contribution >= 4 is 0 Å². The van der Waals surface area contributed by atoms with E-state index in [1.807, 2.05) is 7.05 Å². The fourth-order valence-electron chi connectivity index (χ4n) is 2.44. The van der Waals surface area contributed by atoms with Crippen molar-refractivity contribution in [2.75, 3.05) is 7.05 Å². The summed E-state index contributed by atoms with van der Waals surface area (Å²) < 4.78 is 6.01. The normalized spacial score (nSPS) is 14.6. The maximum Gasteiger partial charge on any atom is 0.120 e. The van der Waals surface area contributed by atoms with E-state index in [0.29, 0.717) is 12.0 Å². The Hall–Kier alpha value is -1.02. The van der Waals surface area contributed by atoms with Crippen LogP contribution in [0.5, 0.6) is 5.75 Å². The molecule has 2 heteroatoms. The van der Waals surface area contributed by atoms with Crippen molar-refractivity contribution < 1.29 is 4.74 Å². The fourth-order valence-corrected chi connectivity index (χ4v) is 2.44. The fraction of sp³-hybridized carbons (Fsp3) is 0.625. The van der Waals surface area contributed by atoms with Crippen LogP contribution >= 0.6 is 0 Å². The molecular weight excluding hydrogens is 222 g/mol. The summed E-state index contributed by atoms with van der Waals surface area (Å²) in [6.07, 6.45) is 1.25. The first-order valence-corrected chi connectivity index (χ1v) is 6.94. The van der Waals surface area contributed by atoms with E-state index < -0.39 is 0 Å². The second-order valence-electron chi connectivity index (χ2n) is 5.30. The zero-order valence-electron chi connectivity index (χ0n) is 12.6. The highest BCUT2D eigenvalue weighted by Gasteiger charge is 2.15. The van der Waals surface area contributed by atoms with Gasteiger partial charge in [-0.25, -0.2) is 0 Å². The second kappa shape index (κ2) is 6.79. The SMILES string of the molecule is CCC(NC)C(C)Oc1ccc(C(C)C)c(C)c1. The molecule has 1 aromatic carbocycles. The number of ether oxygens (including phenoxy) is 1. The summed E-state index contributed by atoms with van der Waals surface area (Å²) in [5, 5.41) is 3.29. The third kappa shape index (κ3) is 3.74. The smallest absolute Gasteiger partial charge is 0.120 e. The molecule has 0 radical (unpaired) electrons. The van der Waals surface area contributed by atoms with Gasteiger partial charge in [0.1, 0.15) is 11.9 Å². The molecule has 0 aliphatic rings. The minimum atomic E-state index is 0.185. The van der Waals surface area contributed by atoms with Gasteiger partial charge in [-0.2, -0.15) is 0 Å². The molecule has 0 fully saturated rings. The molecule has 0 saturated carbocycles. The lowest BCUT2D eigenvalue weighted by Crippen LogP contribution is -2.38. The molecule has 0 spiro atoms. The first-order chi connectivity index (χ1) is 8.49. The van der Waals surface area contributed by atoms with Crippen LogP contribution in [-0.4, -0.2) is 19.2 Å². The Morgan fingerprint density at radius 2 is 1.89 bits per heavy atom. The number of aryl methyl sites for hydroxylation is 1. The van der Waals surface area contributed by atoms with Crippen molar-refractivity contribution in [1.82, 2.24) is 5.32 Å². The molecule has 0 amide bonds. The molecule has 1 N–H and O–H groups in total. The molecule has 1 aromatic rings. The van der Waals surface area contributed by atoms with Gasteiger partial charge in [-0.15, -0.1) is 0 Å². The molecule has 2 nitrogen and oxygen atoms in total. The van der Waals surface area contributed by atoms with E-state index in [4.69, 9.17) is 4.74 Å². The first-order valence-electron chi connectivity index (χ1n) is 6.94. The quantitative estimate of drug-likeness (QED) is 0.826. The molecule has 2 atom stereocenters. The van der Waals surface area contributed by atoms with Crippen molar-refractivity contribution in [3.05, 3.63) is 29.3 Å². The maximum atomic E-state index is 6.01. The maximum absolute atomic E-state index is 6.01. The second-order valence-corrected chi connectivity index (χ2v) is 5.30. The molecule has 0 aromatic heterocycles. The summed E-state index contributed by atoms with van der Waals surface area (Å²) in [5.74, 6) is 1.54. The van der Waals surface area contributed by atoms with E-state index in [1.165, 1.54) is 11.1 Å². The van der Waals surface area contributed by atoms with Crippen LogP contribution in [-0.2, 0) is 0 Å². The van der Waals surface area contributed by atoms with Gasteiger partial charge in [-0.3, -0.25) is 0 Å². The average molecular weight is 249 g/mol. The van der Waals surface area contributed by atoms with Crippen molar-refractivity contribution in [2.24, 2.45) is 0 Å². The number of benzene rings is 1. The Bertz CT molecular complexity index is 369. The summed E-state index contributed by atoms with van der Waals surface area (Å²) >= 11 is 0. The van der Waals surface area contributed by atoms with Crippen LogP contribution in [0.2, 0.25) is 0 Å². The minimum Gasteiger partial charge on any atom is -0.489 e. The molecular formula is C16H27NO. The Balaban J connectivity index is 2.77. The Labute approximate surface area is 112 Å². The predicted octanol–water partition coefficient (Wildman–Crippen LogP) is 3.88. The van der Waals surface area contributed by atoms with Gasteiger partial charge in [0.05, 0.1) is 0 Å². The van der Waals surface area contributed by atoms with E-state index in [0.717, 1.165) is 12.2 Å². The first kappa shape index (κ1) is 15.0. The van der Waals surface area contributed by atoms with Crippen LogP contribution in [0.1, 0.15) is 51.2 Å². The van der Waals surface area contributed by atoms with E-state index in [-0.39, 0.29) is 6.10 Å². The van der Waals surface area contributed by atoms with Crippen LogP contribution < -0.4 is 10.1 Å². The zero-order chi connectivity index (χ0) is 13.7. The third-order valence-corrected chi connectivity index (χ3v) is 3.56. The van der Waals surface area contributed by atoms with E-state index in [1.54, 1.807) is 0 Å². The number of likely N-dealkylation sites (N-methyl/N-ethyl adjacent to an activating group) is 1.